The van der Waals surface area contributed by atoms with E-state index in [1.54, 1.807) is 36.4 Å². The zero-order valence-corrected chi connectivity index (χ0v) is 19.1. The molecule has 0 spiro atoms. The third kappa shape index (κ3) is 4.62. The van der Waals surface area contributed by atoms with Gasteiger partial charge in [0.05, 0.1) is 29.9 Å². The number of nitrogens with zero attached hydrogens (tertiary/aromatic N) is 2. The van der Waals surface area contributed by atoms with Crippen molar-refractivity contribution in [1.29, 1.82) is 0 Å². The molecule has 168 valence electrons. The van der Waals surface area contributed by atoms with E-state index < -0.39 is 16.0 Å². The summed E-state index contributed by atoms with van der Waals surface area (Å²) in [6, 6.07) is 23.4. The number of hydrogen-bond acceptors (Lipinski definition) is 6. The van der Waals surface area contributed by atoms with Crippen molar-refractivity contribution in [3.8, 4) is 11.3 Å². The van der Waals surface area contributed by atoms with Gasteiger partial charge in [0.15, 0.2) is 5.76 Å². The first-order chi connectivity index (χ1) is 15.9. The van der Waals surface area contributed by atoms with Crippen molar-refractivity contribution >= 4 is 33.3 Å². The fourth-order valence-corrected chi connectivity index (χ4v) is 5.24. The molecule has 33 heavy (non-hydrogen) atoms. The molecule has 1 aromatic heterocycles. The van der Waals surface area contributed by atoms with E-state index in [-0.39, 0.29) is 27.7 Å². The SMILES string of the molecule is COC(=O)c1ccccc1S(=O)(=O)N(Cc1cc(-c2ccccc2)no1)c1ccccc1Cl. The van der Waals surface area contributed by atoms with Gasteiger partial charge in [-0.25, -0.2) is 13.2 Å². The van der Waals surface area contributed by atoms with Crippen molar-refractivity contribution < 1.29 is 22.5 Å². The summed E-state index contributed by atoms with van der Waals surface area (Å²) in [5.41, 5.74) is 1.55. The maximum atomic E-state index is 13.8. The summed E-state index contributed by atoms with van der Waals surface area (Å²) >= 11 is 6.37. The third-order valence-electron chi connectivity index (χ3n) is 4.91. The van der Waals surface area contributed by atoms with E-state index in [0.29, 0.717) is 11.5 Å². The van der Waals surface area contributed by atoms with E-state index in [2.05, 4.69) is 5.16 Å². The van der Waals surface area contributed by atoms with E-state index in [1.807, 2.05) is 30.3 Å². The Labute approximate surface area is 196 Å². The Morgan fingerprint density at radius 3 is 2.39 bits per heavy atom. The lowest BCUT2D eigenvalue weighted by Crippen LogP contribution is -2.32. The Hall–Kier alpha value is -3.62. The van der Waals surface area contributed by atoms with Crippen LogP contribution in [-0.4, -0.2) is 26.7 Å². The van der Waals surface area contributed by atoms with Gasteiger partial charge in [0.1, 0.15) is 10.6 Å². The van der Waals surface area contributed by atoms with Gasteiger partial charge in [-0.2, -0.15) is 0 Å². The van der Waals surface area contributed by atoms with Crippen molar-refractivity contribution in [2.45, 2.75) is 11.4 Å². The molecule has 0 aliphatic carbocycles. The van der Waals surface area contributed by atoms with Gasteiger partial charge in [-0.3, -0.25) is 4.31 Å². The zero-order chi connectivity index (χ0) is 23.4. The molecule has 0 aliphatic heterocycles. The molecule has 0 unspecified atom stereocenters. The number of esters is 1. The minimum absolute atomic E-state index is 0.0837. The van der Waals surface area contributed by atoms with Crippen LogP contribution in [0, 0.1) is 0 Å². The fraction of sp³-hybridized carbons (Fsp3) is 0.0833. The molecule has 0 saturated carbocycles. The summed E-state index contributed by atoms with van der Waals surface area (Å²) in [5.74, 6) is -0.466. The Bertz CT molecular complexity index is 1390. The van der Waals surface area contributed by atoms with E-state index in [4.69, 9.17) is 20.9 Å². The molecule has 0 aliphatic rings. The molecule has 0 N–H and O–H groups in total. The van der Waals surface area contributed by atoms with Crippen LogP contribution in [0.15, 0.2) is 94.3 Å². The summed E-state index contributed by atoms with van der Waals surface area (Å²) < 4.78 is 38.9. The van der Waals surface area contributed by atoms with Crippen molar-refractivity contribution in [3.63, 3.8) is 0 Å². The van der Waals surface area contributed by atoms with E-state index in [9.17, 15) is 13.2 Å². The minimum atomic E-state index is -4.26. The second-order valence-corrected chi connectivity index (χ2v) is 9.23. The number of para-hydroxylation sites is 1. The van der Waals surface area contributed by atoms with Gasteiger partial charge in [0.2, 0.25) is 0 Å². The molecule has 0 radical (unpaired) electrons. The molecule has 0 bridgehead atoms. The van der Waals surface area contributed by atoms with Gasteiger partial charge >= 0.3 is 5.97 Å². The molecule has 9 heteroatoms. The number of methoxy groups -OCH3 is 1. The molecule has 0 fully saturated rings. The van der Waals surface area contributed by atoms with Crippen LogP contribution in [0.3, 0.4) is 0 Å². The zero-order valence-electron chi connectivity index (χ0n) is 17.5. The van der Waals surface area contributed by atoms with Crippen molar-refractivity contribution in [3.05, 3.63) is 101 Å². The number of hydrogen-bond donors (Lipinski definition) is 0. The molecule has 1 heterocycles. The minimum Gasteiger partial charge on any atom is -0.465 e. The number of rotatable bonds is 7. The fourth-order valence-electron chi connectivity index (χ4n) is 3.32. The third-order valence-corrected chi connectivity index (χ3v) is 7.05. The van der Waals surface area contributed by atoms with Crippen LogP contribution in [0.25, 0.3) is 11.3 Å². The largest absolute Gasteiger partial charge is 0.465 e. The molecule has 0 amide bonds. The number of carbonyl (C=O) groups excluding carboxylic acids is 1. The Morgan fingerprint density at radius 1 is 1.00 bits per heavy atom. The van der Waals surface area contributed by atoms with Crippen LogP contribution >= 0.6 is 11.6 Å². The monoisotopic (exact) mass is 482 g/mol. The lowest BCUT2D eigenvalue weighted by Gasteiger charge is -2.25. The van der Waals surface area contributed by atoms with Crippen LogP contribution in [0.2, 0.25) is 5.02 Å². The highest BCUT2D eigenvalue weighted by atomic mass is 35.5. The maximum Gasteiger partial charge on any atom is 0.339 e. The Kier molecular flexibility index (Phi) is 6.48. The molecular weight excluding hydrogens is 464 g/mol. The molecular formula is C24H19ClN2O5S. The Morgan fingerprint density at radius 2 is 1.67 bits per heavy atom. The number of sulfonamides is 1. The number of anilines is 1. The second kappa shape index (κ2) is 9.48. The normalized spacial score (nSPS) is 11.2. The van der Waals surface area contributed by atoms with Crippen molar-refractivity contribution in [2.24, 2.45) is 0 Å². The topological polar surface area (TPSA) is 89.7 Å². The average molecular weight is 483 g/mol. The smallest absolute Gasteiger partial charge is 0.339 e. The number of ether oxygens (including phenoxy) is 1. The van der Waals surface area contributed by atoms with Crippen molar-refractivity contribution in [2.75, 3.05) is 11.4 Å². The lowest BCUT2D eigenvalue weighted by molar-refractivity contribution is 0.0596. The van der Waals surface area contributed by atoms with Crippen LogP contribution in [0.5, 0.6) is 0 Å². The average Bonchev–Trinajstić information content (AvgIpc) is 3.32. The quantitative estimate of drug-likeness (QED) is 0.337. The first-order valence-electron chi connectivity index (χ1n) is 9.87. The summed E-state index contributed by atoms with van der Waals surface area (Å²) in [4.78, 5) is 12.1. The van der Waals surface area contributed by atoms with Gasteiger partial charge in [0.25, 0.3) is 10.0 Å². The number of aromatic nitrogens is 1. The van der Waals surface area contributed by atoms with E-state index in [0.717, 1.165) is 9.87 Å². The summed E-state index contributed by atoms with van der Waals surface area (Å²) in [6.45, 7) is -0.193. The highest BCUT2D eigenvalue weighted by molar-refractivity contribution is 7.92. The number of benzene rings is 3. The predicted molar refractivity (Wildman–Crippen MR) is 125 cm³/mol. The standard InChI is InChI=1S/C24H19ClN2O5S/c1-31-24(28)19-11-5-8-14-23(19)33(29,30)27(22-13-7-6-12-20(22)25)16-18-15-21(26-32-18)17-9-3-2-4-10-17/h2-15H,16H2,1H3. The van der Waals surface area contributed by atoms with Crippen LogP contribution < -0.4 is 4.31 Å². The molecule has 4 rings (SSSR count). The number of carbonyl (C=O) groups is 1. The van der Waals surface area contributed by atoms with Gasteiger partial charge in [-0.05, 0) is 24.3 Å². The molecule has 3 aromatic carbocycles. The Balaban J connectivity index is 1.80. The summed E-state index contributed by atoms with van der Waals surface area (Å²) in [5, 5.41) is 4.29. The van der Waals surface area contributed by atoms with Crippen LogP contribution in [0.4, 0.5) is 5.69 Å². The predicted octanol–water partition coefficient (Wildman–Crippen LogP) is 5.18. The summed E-state index contributed by atoms with van der Waals surface area (Å²) in [6.07, 6.45) is 0. The van der Waals surface area contributed by atoms with E-state index in [1.165, 1.54) is 25.3 Å². The molecule has 7 nitrogen and oxygen atoms in total. The van der Waals surface area contributed by atoms with Gasteiger partial charge in [0, 0.05) is 11.6 Å². The first-order valence-corrected chi connectivity index (χ1v) is 11.7. The lowest BCUT2D eigenvalue weighted by atomic mass is 10.1. The number of halogens is 1. The molecule has 0 saturated heterocycles. The van der Waals surface area contributed by atoms with Gasteiger partial charge < -0.3 is 9.26 Å². The highest BCUT2D eigenvalue weighted by Gasteiger charge is 2.32. The maximum absolute atomic E-state index is 13.8. The highest BCUT2D eigenvalue weighted by Crippen LogP contribution is 2.33. The van der Waals surface area contributed by atoms with Gasteiger partial charge in [-0.15, -0.1) is 0 Å². The van der Waals surface area contributed by atoms with Gasteiger partial charge in [-0.1, -0.05) is 71.4 Å². The summed E-state index contributed by atoms with van der Waals surface area (Å²) in [7, 11) is -3.06. The first kappa shape index (κ1) is 22.6. The van der Waals surface area contributed by atoms with E-state index >= 15 is 0 Å². The molecule has 4 aromatic rings. The van der Waals surface area contributed by atoms with Crippen LogP contribution in [0.1, 0.15) is 16.1 Å². The van der Waals surface area contributed by atoms with Crippen LogP contribution in [-0.2, 0) is 21.3 Å². The second-order valence-electron chi connectivity index (χ2n) is 7.00. The molecule has 0 atom stereocenters. The van der Waals surface area contributed by atoms with Crippen molar-refractivity contribution in [1.82, 2.24) is 5.16 Å².